The molecule has 8 nitrogen and oxygen atoms in total. The fourth-order valence-corrected chi connectivity index (χ4v) is 3.63. The van der Waals surface area contributed by atoms with Crippen LogP contribution >= 0.6 is 0 Å². The number of rotatable bonds is 4. The molecule has 0 aliphatic heterocycles. The standard InChI is InChI=1S/2C11H22N2O2/c2*1-8-6-5-7-9(8)12-13-10(14)15-11(2,3)4/h2*8-9,12H,5-7H2,1-4H3,(H,13,14)/t2*8-,9-/m10/s1. The highest BCUT2D eigenvalue weighted by Gasteiger charge is 2.25. The molecule has 2 rings (SSSR count). The third-order valence-electron chi connectivity index (χ3n) is 5.24. The van der Waals surface area contributed by atoms with Crippen LogP contribution in [0.5, 0.6) is 0 Å². The van der Waals surface area contributed by atoms with Gasteiger partial charge in [0.1, 0.15) is 11.2 Å². The van der Waals surface area contributed by atoms with Crippen LogP contribution in [0.3, 0.4) is 0 Å². The molecule has 8 heteroatoms. The second-order valence-corrected chi connectivity index (χ2v) is 10.6. The molecule has 30 heavy (non-hydrogen) atoms. The van der Waals surface area contributed by atoms with Gasteiger partial charge in [-0.1, -0.05) is 26.7 Å². The van der Waals surface area contributed by atoms with Gasteiger partial charge in [0, 0.05) is 12.1 Å². The number of carbonyl (C=O) groups is 2. The maximum Gasteiger partial charge on any atom is 0.422 e. The van der Waals surface area contributed by atoms with Gasteiger partial charge in [0.2, 0.25) is 0 Å². The topological polar surface area (TPSA) is 101 Å². The average molecular weight is 429 g/mol. The zero-order valence-corrected chi connectivity index (χ0v) is 20.2. The normalized spacial score (nSPS) is 26.4. The summed E-state index contributed by atoms with van der Waals surface area (Å²) in [7, 11) is 0. The minimum Gasteiger partial charge on any atom is -0.443 e. The molecule has 0 unspecified atom stereocenters. The molecule has 0 saturated heterocycles. The summed E-state index contributed by atoms with van der Waals surface area (Å²) in [5, 5.41) is 0. The summed E-state index contributed by atoms with van der Waals surface area (Å²) in [5.41, 5.74) is 10.4. The summed E-state index contributed by atoms with van der Waals surface area (Å²) in [6.07, 6.45) is 6.36. The number of amides is 2. The van der Waals surface area contributed by atoms with Gasteiger partial charge in [-0.15, -0.1) is 0 Å². The highest BCUT2D eigenvalue weighted by Crippen LogP contribution is 2.24. The molecule has 0 heterocycles. The van der Waals surface area contributed by atoms with E-state index in [0.717, 1.165) is 12.8 Å². The first-order valence-electron chi connectivity index (χ1n) is 11.3. The maximum absolute atomic E-state index is 11.3. The number of carbonyl (C=O) groups excluding carboxylic acids is 2. The predicted molar refractivity (Wildman–Crippen MR) is 119 cm³/mol. The lowest BCUT2D eigenvalue weighted by molar-refractivity contribution is 0.0472. The van der Waals surface area contributed by atoms with Crippen molar-refractivity contribution in [1.82, 2.24) is 21.7 Å². The highest BCUT2D eigenvalue weighted by molar-refractivity contribution is 5.67. The summed E-state index contributed by atoms with van der Waals surface area (Å²) in [6.45, 7) is 15.5. The van der Waals surface area contributed by atoms with Crippen LogP contribution in [0.2, 0.25) is 0 Å². The van der Waals surface area contributed by atoms with Crippen LogP contribution in [0.15, 0.2) is 0 Å². The molecule has 2 aliphatic carbocycles. The zero-order chi connectivity index (χ0) is 22.9. The van der Waals surface area contributed by atoms with E-state index in [1.807, 2.05) is 41.5 Å². The maximum atomic E-state index is 11.3. The molecule has 4 atom stereocenters. The van der Waals surface area contributed by atoms with Crippen molar-refractivity contribution >= 4 is 12.2 Å². The summed E-state index contributed by atoms with van der Waals surface area (Å²) in [6, 6.07) is 0.773. The van der Waals surface area contributed by atoms with Crippen LogP contribution in [0.1, 0.15) is 93.9 Å². The summed E-state index contributed by atoms with van der Waals surface area (Å²) >= 11 is 0. The van der Waals surface area contributed by atoms with Gasteiger partial charge < -0.3 is 9.47 Å². The molecule has 4 N–H and O–H groups in total. The van der Waals surface area contributed by atoms with Gasteiger partial charge in [-0.05, 0) is 79.1 Å². The molecule has 2 amide bonds. The first-order valence-corrected chi connectivity index (χ1v) is 11.3. The highest BCUT2D eigenvalue weighted by atomic mass is 16.6. The fraction of sp³-hybridized carbons (Fsp3) is 0.909. The van der Waals surface area contributed by atoms with Gasteiger partial charge in [-0.25, -0.2) is 20.4 Å². The molecule has 0 bridgehead atoms. The van der Waals surface area contributed by atoms with Crippen molar-refractivity contribution in [3.8, 4) is 0 Å². The molecule has 0 aromatic heterocycles. The monoisotopic (exact) mass is 428 g/mol. The van der Waals surface area contributed by atoms with Crippen LogP contribution in [0.4, 0.5) is 9.59 Å². The Hall–Kier alpha value is -1.54. The molecule has 2 saturated carbocycles. The minimum absolute atomic E-state index is 0.387. The van der Waals surface area contributed by atoms with Crippen LogP contribution < -0.4 is 21.7 Å². The molecule has 2 aliphatic rings. The van der Waals surface area contributed by atoms with E-state index in [9.17, 15) is 9.59 Å². The van der Waals surface area contributed by atoms with Gasteiger partial charge in [0.05, 0.1) is 0 Å². The number of ether oxygens (including phenoxy) is 2. The van der Waals surface area contributed by atoms with E-state index in [1.54, 1.807) is 0 Å². The van der Waals surface area contributed by atoms with Crippen LogP contribution in [0, 0.1) is 11.8 Å². The number of nitrogens with one attached hydrogen (secondary N) is 4. The molecule has 176 valence electrons. The van der Waals surface area contributed by atoms with E-state index in [-0.39, 0.29) is 0 Å². The van der Waals surface area contributed by atoms with E-state index in [1.165, 1.54) is 25.7 Å². The van der Waals surface area contributed by atoms with Crippen LogP contribution in [0.25, 0.3) is 0 Å². The Morgan fingerprint density at radius 1 is 0.667 bits per heavy atom. The quantitative estimate of drug-likeness (QED) is 0.495. The lowest BCUT2D eigenvalue weighted by Crippen LogP contribution is -2.47. The average Bonchev–Trinajstić information content (AvgIpc) is 3.16. The Kier molecular flexibility index (Phi) is 10.4. The smallest absolute Gasteiger partial charge is 0.422 e. The second-order valence-electron chi connectivity index (χ2n) is 10.6. The van der Waals surface area contributed by atoms with Crippen molar-refractivity contribution in [3.05, 3.63) is 0 Å². The Morgan fingerprint density at radius 3 is 1.23 bits per heavy atom. The Balaban J connectivity index is 0.000000300. The fourth-order valence-electron chi connectivity index (χ4n) is 3.63. The molecule has 0 radical (unpaired) electrons. The van der Waals surface area contributed by atoms with Crippen molar-refractivity contribution in [1.29, 1.82) is 0 Å². The predicted octanol–water partition coefficient (Wildman–Crippen LogP) is 4.41. The van der Waals surface area contributed by atoms with Crippen molar-refractivity contribution in [3.63, 3.8) is 0 Å². The Labute approximate surface area is 182 Å². The van der Waals surface area contributed by atoms with Gasteiger partial charge in [-0.3, -0.25) is 10.9 Å². The summed E-state index contributed by atoms with van der Waals surface area (Å²) in [5.74, 6) is 1.25. The minimum atomic E-state index is -0.437. The Morgan fingerprint density at radius 2 is 1.00 bits per heavy atom. The van der Waals surface area contributed by atoms with Crippen molar-refractivity contribution in [2.75, 3.05) is 0 Å². The summed E-state index contributed by atoms with van der Waals surface area (Å²) < 4.78 is 10.2. The van der Waals surface area contributed by atoms with Crippen molar-refractivity contribution in [2.45, 2.75) is 117 Å². The lowest BCUT2D eigenvalue weighted by atomic mass is 10.1. The molecule has 2 fully saturated rings. The third-order valence-corrected chi connectivity index (χ3v) is 5.24. The molecular weight excluding hydrogens is 384 g/mol. The van der Waals surface area contributed by atoms with Gasteiger partial charge in [0.15, 0.2) is 0 Å². The van der Waals surface area contributed by atoms with Gasteiger partial charge in [0.25, 0.3) is 0 Å². The first-order chi connectivity index (χ1) is 13.8. The first kappa shape index (κ1) is 26.5. The van der Waals surface area contributed by atoms with E-state index in [2.05, 4.69) is 35.6 Å². The number of hydrazine groups is 2. The van der Waals surface area contributed by atoms with E-state index in [0.29, 0.717) is 23.9 Å². The van der Waals surface area contributed by atoms with E-state index < -0.39 is 23.4 Å². The van der Waals surface area contributed by atoms with Crippen LogP contribution in [-0.2, 0) is 9.47 Å². The second kappa shape index (κ2) is 11.7. The Bertz CT molecular complexity index is 494. The molecule has 0 aromatic rings. The van der Waals surface area contributed by atoms with E-state index >= 15 is 0 Å². The largest absolute Gasteiger partial charge is 0.443 e. The van der Waals surface area contributed by atoms with Gasteiger partial charge in [-0.2, -0.15) is 0 Å². The molecule has 0 aromatic carbocycles. The molecular formula is C22H44N4O4. The van der Waals surface area contributed by atoms with Crippen molar-refractivity contribution < 1.29 is 19.1 Å². The number of hydrogen-bond acceptors (Lipinski definition) is 6. The van der Waals surface area contributed by atoms with Gasteiger partial charge >= 0.3 is 12.2 Å². The SMILES string of the molecule is C[C@@H]1CCC[C@H]1NNC(=O)OC(C)(C)C.C[C@H]1CCC[C@@H]1NNC(=O)OC(C)(C)C. The summed E-state index contributed by atoms with van der Waals surface area (Å²) in [4.78, 5) is 22.7. The number of hydrogen-bond donors (Lipinski definition) is 4. The zero-order valence-electron chi connectivity index (χ0n) is 20.2. The molecule has 0 spiro atoms. The van der Waals surface area contributed by atoms with E-state index in [4.69, 9.17) is 9.47 Å². The van der Waals surface area contributed by atoms with Crippen LogP contribution in [-0.4, -0.2) is 35.5 Å². The third kappa shape index (κ3) is 11.6. The van der Waals surface area contributed by atoms with Crippen molar-refractivity contribution in [2.24, 2.45) is 11.8 Å². The lowest BCUT2D eigenvalue weighted by Gasteiger charge is -2.22.